The predicted octanol–water partition coefficient (Wildman–Crippen LogP) is 4.96. The molecule has 3 nitrogen and oxygen atoms in total. The quantitative estimate of drug-likeness (QED) is 0.591. The third kappa shape index (κ3) is 3.36. The van der Waals surface area contributed by atoms with Gasteiger partial charge in [0.1, 0.15) is 17.2 Å². The fourth-order valence-corrected chi connectivity index (χ4v) is 2.77. The second-order valence-electron chi connectivity index (χ2n) is 5.33. The number of hydrogen-bond donors (Lipinski definition) is 3. The Balaban J connectivity index is 2.20. The number of phenolic OH excluding ortho intramolecular Hbond substituents is 3. The molecule has 0 amide bonds. The second-order valence-corrected chi connectivity index (χ2v) is 5.71. The summed E-state index contributed by atoms with van der Waals surface area (Å²) in [6, 6.07) is 20.1. The molecule has 3 aromatic rings. The van der Waals surface area contributed by atoms with Gasteiger partial charge in [0.15, 0.2) is 0 Å². The molecular formula is C20H15ClO3. The summed E-state index contributed by atoms with van der Waals surface area (Å²) in [7, 11) is 0. The van der Waals surface area contributed by atoms with Gasteiger partial charge in [0.2, 0.25) is 0 Å². The Morgan fingerprint density at radius 1 is 0.500 bits per heavy atom. The van der Waals surface area contributed by atoms with Gasteiger partial charge in [-0.25, -0.2) is 0 Å². The first-order valence-corrected chi connectivity index (χ1v) is 7.70. The molecule has 0 fully saturated rings. The first kappa shape index (κ1) is 16.0. The fraction of sp³-hybridized carbons (Fsp3) is 0. The van der Waals surface area contributed by atoms with E-state index in [1.54, 1.807) is 72.8 Å². The van der Waals surface area contributed by atoms with E-state index in [9.17, 15) is 15.3 Å². The van der Waals surface area contributed by atoms with Gasteiger partial charge >= 0.3 is 0 Å². The largest absolute Gasteiger partial charge is 0.508 e. The number of phenols is 3. The third-order valence-electron chi connectivity index (χ3n) is 3.65. The smallest absolute Gasteiger partial charge is 0.115 e. The average Bonchev–Trinajstić information content (AvgIpc) is 2.59. The van der Waals surface area contributed by atoms with Crippen molar-refractivity contribution in [1.82, 2.24) is 0 Å². The highest BCUT2D eigenvalue weighted by molar-refractivity contribution is 6.53. The summed E-state index contributed by atoms with van der Waals surface area (Å²) >= 11 is 6.65. The van der Waals surface area contributed by atoms with Crippen molar-refractivity contribution in [2.75, 3.05) is 0 Å². The minimum absolute atomic E-state index is 0.166. The van der Waals surface area contributed by atoms with Crippen molar-refractivity contribution in [3.05, 3.63) is 89.5 Å². The van der Waals surface area contributed by atoms with Crippen LogP contribution in [0.4, 0.5) is 0 Å². The maximum Gasteiger partial charge on any atom is 0.115 e. The molecular weight excluding hydrogens is 324 g/mol. The van der Waals surface area contributed by atoms with Crippen molar-refractivity contribution in [2.24, 2.45) is 0 Å². The van der Waals surface area contributed by atoms with Crippen molar-refractivity contribution < 1.29 is 15.3 Å². The normalized spacial score (nSPS) is 10.4. The van der Waals surface area contributed by atoms with E-state index >= 15 is 0 Å². The van der Waals surface area contributed by atoms with E-state index in [4.69, 9.17) is 11.6 Å². The Labute approximate surface area is 144 Å². The van der Waals surface area contributed by atoms with Crippen LogP contribution in [-0.4, -0.2) is 15.3 Å². The lowest BCUT2D eigenvalue weighted by molar-refractivity contribution is 0.474. The zero-order valence-electron chi connectivity index (χ0n) is 12.6. The summed E-state index contributed by atoms with van der Waals surface area (Å²) < 4.78 is 0. The van der Waals surface area contributed by atoms with Crippen molar-refractivity contribution in [1.29, 1.82) is 0 Å². The molecule has 24 heavy (non-hydrogen) atoms. The molecule has 120 valence electrons. The summed E-state index contributed by atoms with van der Waals surface area (Å²) in [4.78, 5) is 0. The maximum atomic E-state index is 9.52. The molecule has 0 atom stereocenters. The highest BCUT2D eigenvalue weighted by Crippen LogP contribution is 2.36. The lowest BCUT2D eigenvalue weighted by Gasteiger charge is -2.13. The third-order valence-corrected chi connectivity index (χ3v) is 4.06. The van der Waals surface area contributed by atoms with Gasteiger partial charge in [-0.15, -0.1) is 0 Å². The maximum absolute atomic E-state index is 9.52. The van der Waals surface area contributed by atoms with Crippen LogP contribution in [0.3, 0.4) is 0 Å². The number of halogens is 1. The molecule has 3 aromatic carbocycles. The van der Waals surface area contributed by atoms with Crippen LogP contribution in [0.1, 0.15) is 16.7 Å². The summed E-state index contributed by atoms with van der Waals surface area (Å²) in [5, 5.41) is 29.0. The van der Waals surface area contributed by atoms with Crippen molar-refractivity contribution in [3.8, 4) is 17.2 Å². The van der Waals surface area contributed by atoms with Crippen molar-refractivity contribution in [2.45, 2.75) is 0 Å². The van der Waals surface area contributed by atoms with Gasteiger partial charge < -0.3 is 15.3 Å². The van der Waals surface area contributed by atoms with Crippen LogP contribution >= 0.6 is 11.6 Å². The van der Waals surface area contributed by atoms with Crippen LogP contribution in [0.5, 0.6) is 17.2 Å². The standard InChI is InChI=1S/C20H15ClO3/c21-20(15-5-11-18(24)12-6-15)19(13-1-7-16(22)8-2-13)14-3-9-17(23)10-4-14/h1-12,22-24H. The first-order valence-electron chi connectivity index (χ1n) is 7.32. The van der Waals surface area contributed by atoms with E-state index in [-0.39, 0.29) is 17.2 Å². The van der Waals surface area contributed by atoms with Gasteiger partial charge in [-0.1, -0.05) is 35.9 Å². The molecule has 0 unspecified atom stereocenters. The Bertz CT molecular complexity index is 817. The summed E-state index contributed by atoms with van der Waals surface area (Å²) in [5.74, 6) is 0.508. The molecule has 3 N–H and O–H groups in total. The first-order chi connectivity index (χ1) is 11.5. The van der Waals surface area contributed by atoms with Gasteiger partial charge in [-0.2, -0.15) is 0 Å². The topological polar surface area (TPSA) is 60.7 Å². The van der Waals surface area contributed by atoms with Gasteiger partial charge in [-0.05, 0) is 65.2 Å². The highest BCUT2D eigenvalue weighted by Gasteiger charge is 2.13. The fourth-order valence-electron chi connectivity index (χ4n) is 2.43. The van der Waals surface area contributed by atoms with Gasteiger partial charge in [0.25, 0.3) is 0 Å². The van der Waals surface area contributed by atoms with Gasteiger partial charge in [0.05, 0.1) is 5.03 Å². The van der Waals surface area contributed by atoms with Crippen LogP contribution in [-0.2, 0) is 0 Å². The molecule has 3 rings (SSSR count). The van der Waals surface area contributed by atoms with E-state index in [1.165, 1.54) is 0 Å². The van der Waals surface area contributed by atoms with Crippen LogP contribution in [0.15, 0.2) is 72.8 Å². The van der Waals surface area contributed by atoms with Gasteiger partial charge in [0, 0.05) is 5.57 Å². The minimum atomic E-state index is 0.166. The number of rotatable bonds is 3. The Kier molecular flexibility index (Phi) is 4.45. The van der Waals surface area contributed by atoms with Crippen LogP contribution in [0.2, 0.25) is 0 Å². The molecule has 0 aromatic heterocycles. The van der Waals surface area contributed by atoms with Crippen LogP contribution < -0.4 is 0 Å². The molecule has 0 heterocycles. The van der Waals surface area contributed by atoms with E-state index in [0.29, 0.717) is 5.03 Å². The molecule has 0 aliphatic rings. The molecule has 4 heteroatoms. The lowest BCUT2D eigenvalue weighted by atomic mass is 9.95. The number of hydrogen-bond acceptors (Lipinski definition) is 3. The lowest BCUT2D eigenvalue weighted by Crippen LogP contribution is -1.91. The minimum Gasteiger partial charge on any atom is -0.508 e. The monoisotopic (exact) mass is 338 g/mol. The van der Waals surface area contributed by atoms with Crippen molar-refractivity contribution in [3.63, 3.8) is 0 Å². The van der Waals surface area contributed by atoms with E-state index < -0.39 is 0 Å². The number of aromatic hydroxyl groups is 3. The summed E-state index contributed by atoms with van der Waals surface area (Å²) in [6.45, 7) is 0. The van der Waals surface area contributed by atoms with Gasteiger partial charge in [-0.3, -0.25) is 0 Å². The zero-order chi connectivity index (χ0) is 17.1. The molecule has 0 spiro atoms. The Morgan fingerprint density at radius 2 is 0.792 bits per heavy atom. The zero-order valence-corrected chi connectivity index (χ0v) is 13.4. The molecule has 0 saturated heterocycles. The van der Waals surface area contributed by atoms with E-state index in [0.717, 1.165) is 22.3 Å². The molecule has 0 radical (unpaired) electrons. The molecule has 0 aliphatic heterocycles. The van der Waals surface area contributed by atoms with Crippen LogP contribution in [0.25, 0.3) is 10.6 Å². The Hall–Kier alpha value is -2.91. The van der Waals surface area contributed by atoms with E-state index in [2.05, 4.69) is 0 Å². The van der Waals surface area contributed by atoms with Crippen molar-refractivity contribution >= 4 is 22.2 Å². The molecule has 0 bridgehead atoms. The number of benzene rings is 3. The predicted molar refractivity (Wildman–Crippen MR) is 96.1 cm³/mol. The second kappa shape index (κ2) is 6.69. The molecule has 0 aliphatic carbocycles. The van der Waals surface area contributed by atoms with E-state index in [1.807, 2.05) is 0 Å². The summed E-state index contributed by atoms with van der Waals surface area (Å²) in [5.41, 5.74) is 3.18. The average molecular weight is 339 g/mol. The highest BCUT2D eigenvalue weighted by atomic mass is 35.5. The summed E-state index contributed by atoms with van der Waals surface area (Å²) in [6.07, 6.45) is 0. The molecule has 0 saturated carbocycles. The SMILES string of the molecule is Oc1ccc(C(Cl)=C(c2ccc(O)cc2)c2ccc(O)cc2)cc1. The Morgan fingerprint density at radius 3 is 1.12 bits per heavy atom. The van der Waals surface area contributed by atoms with Crippen LogP contribution in [0, 0.1) is 0 Å².